The maximum Gasteiger partial charge on any atom is 0.245 e. The number of ether oxygens (including phenoxy) is 1. The molecule has 3 aromatic rings. The highest BCUT2D eigenvalue weighted by atomic mass is 32.2. The summed E-state index contributed by atoms with van der Waals surface area (Å²) in [5.74, 6) is 0.593. The average Bonchev–Trinajstić information content (AvgIpc) is 3.18. The van der Waals surface area contributed by atoms with Gasteiger partial charge in [0.25, 0.3) is 0 Å². The van der Waals surface area contributed by atoms with Crippen molar-refractivity contribution in [3.63, 3.8) is 0 Å². The van der Waals surface area contributed by atoms with Gasteiger partial charge in [-0.05, 0) is 62.7 Å². The molecule has 1 heterocycles. The molecule has 180 valence electrons. The van der Waals surface area contributed by atoms with Gasteiger partial charge in [-0.15, -0.1) is 0 Å². The van der Waals surface area contributed by atoms with Crippen molar-refractivity contribution in [1.29, 1.82) is 0 Å². The van der Waals surface area contributed by atoms with Crippen molar-refractivity contribution in [1.82, 2.24) is 8.61 Å². The van der Waals surface area contributed by atoms with E-state index in [4.69, 9.17) is 4.74 Å². The monoisotopic (exact) mass is 500 g/mol. The highest BCUT2D eigenvalue weighted by Gasteiger charge is 2.50. The molecule has 0 spiro atoms. The minimum absolute atomic E-state index is 0.0258. The summed E-state index contributed by atoms with van der Waals surface area (Å²) in [5.41, 5.74) is 2.41. The van der Waals surface area contributed by atoms with Crippen molar-refractivity contribution in [3.8, 4) is 5.75 Å². The zero-order chi connectivity index (χ0) is 24.7. The fourth-order valence-corrected chi connectivity index (χ4v) is 7.64. The number of sulfonamides is 2. The lowest BCUT2D eigenvalue weighted by molar-refractivity contribution is 0.275. The molecular weight excluding hydrogens is 472 g/mol. The van der Waals surface area contributed by atoms with Crippen LogP contribution in [-0.2, 0) is 20.0 Å². The van der Waals surface area contributed by atoms with E-state index >= 15 is 0 Å². The maximum atomic E-state index is 13.8. The molecule has 0 radical (unpaired) electrons. The van der Waals surface area contributed by atoms with Gasteiger partial charge in [-0.3, -0.25) is 0 Å². The lowest BCUT2D eigenvalue weighted by Crippen LogP contribution is -2.39. The molecule has 0 aliphatic carbocycles. The summed E-state index contributed by atoms with van der Waals surface area (Å²) in [6.45, 7) is 5.51. The van der Waals surface area contributed by atoms with E-state index in [9.17, 15) is 16.8 Å². The van der Waals surface area contributed by atoms with Crippen LogP contribution in [0.25, 0.3) is 0 Å². The first kappa shape index (κ1) is 24.4. The quantitative estimate of drug-likeness (QED) is 0.509. The normalized spacial score (nSPS) is 19.9. The second-order valence-corrected chi connectivity index (χ2v) is 12.3. The minimum atomic E-state index is -4.00. The third-order valence-corrected chi connectivity index (χ3v) is 9.85. The van der Waals surface area contributed by atoms with Gasteiger partial charge in [-0.25, -0.2) is 16.8 Å². The molecule has 0 N–H and O–H groups in total. The molecule has 0 unspecified atom stereocenters. The van der Waals surface area contributed by atoms with E-state index in [2.05, 4.69) is 0 Å². The van der Waals surface area contributed by atoms with Gasteiger partial charge in [0, 0.05) is 12.6 Å². The molecule has 7 nitrogen and oxygen atoms in total. The predicted molar refractivity (Wildman–Crippen MR) is 130 cm³/mol. The van der Waals surface area contributed by atoms with Gasteiger partial charge in [0.1, 0.15) is 11.9 Å². The SMILES string of the molecule is COc1ccc([C@@H]2N(S(=O)(=O)c3ccc(C)cc3)C[C@@H](C)N2S(=O)(=O)c2ccc(C)cc2)cc1. The van der Waals surface area contributed by atoms with E-state index in [-0.39, 0.29) is 16.3 Å². The molecule has 9 heteroatoms. The third-order valence-electron chi connectivity index (χ3n) is 6.03. The van der Waals surface area contributed by atoms with E-state index in [1.165, 1.54) is 15.7 Å². The van der Waals surface area contributed by atoms with Gasteiger partial charge in [0.2, 0.25) is 20.0 Å². The van der Waals surface area contributed by atoms with Gasteiger partial charge in [0.05, 0.1) is 16.9 Å². The Morgan fingerprint density at radius 1 is 0.735 bits per heavy atom. The number of methoxy groups -OCH3 is 1. The minimum Gasteiger partial charge on any atom is -0.497 e. The van der Waals surface area contributed by atoms with Crippen molar-refractivity contribution in [2.75, 3.05) is 13.7 Å². The Morgan fingerprint density at radius 3 is 1.68 bits per heavy atom. The van der Waals surface area contributed by atoms with E-state index in [0.29, 0.717) is 11.3 Å². The van der Waals surface area contributed by atoms with E-state index in [1.807, 2.05) is 13.8 Å². The van der Waals surface area contributed by atoms with Crippen molar-refractivity contribution >= 4 is 20.0 Å². The molecule has 1 fully saturated rings. The average molecular weight is 501 g/mol. The van der Waals surface area contributed by atoms with Crippen molar-refractivity contribution in [3.05, 3.63) is 89.5 Å². The summed E-state index contributed by atoms with van der Waals surface area (Å²) in [4.78, 5) is 0.247. The Labute approximate surface area is 201 Å². The van der Waals surface area contributed by atoms with Crippen LogP contribution >= 0.6 is 0 Å². The highest BCUT2D eigenvalue weighted by molar-refractivity contribution is 7.90. The van der Waals surface area contributed by atoms with Crippen molar-refractivity contribution in [2.24, 2.45) is 0 Å². The molecule has 3 aromatic carbocycles. The first-order valence-electron chi connectivity index (χ1n) is 10.9. The number of aryl methyl sites for hydroxylation is 2. The maximum absolute atomic E-state index is 13.8. The molecule has 1 aliphatic heterocycles. The Bertz CT molecular complexity index is 1370. The fraction of sp³-hybridized carbons (Fsp3) is 0.280. The van der Waals surface area contributed by atoms with Crippen LogP contribution in [0, 0.1) is 13.8 Å². The summed E-state index contributed by atoms with van der Waals surface area (Å²) in [5, 5.41) is 0. The van der Waals surface area contributed by atoms with Crippen molar-refractivity contribution < 1.29 is 21.6 Å². The number of benzene rings is 3. The van der Waals surface area contributed by atoms with E-state index in [0.717, 1.165) is 11.1 Å². The summed E-state index contributed by atoms with van der Waals surface area (Å²) in [7, 11) is -6.45. The smallest absolute Gasteiger partial charge is 0.245 e. The van der Waals surface area contributed by atoms with Gasteiger partial charge in [-0.1, -0.05) is 47.5 Å². The van der Waals surface area contributed by atoms with Crippen LogP contribution in [0.15, 0.2) is 82.6 Å². The number of hydrogen-bond donors (Lipinski definition) is 0. The summed E-state index contributed by atoms with van der Waals surface area (Å²) < 4.78 is 62.9. The van der Waals surface area contributed by atoms with E-state index < -0.39 is 32.3 Å². The molecule has 0 saturated carbocycles. The second kappa shape index (κ2) is 9.14. The Hall–Kier alpha value is -2.72. The molecule has 1 aliphatic rings. The first-order valence-corrected chi connectivity index (χ1v) is 13.8. The molecular formula is C25H28N2O5S2. The van der Waals surface area contributed by atoms with E-state index in [1.54, 1.807) is 79.7 Å². The molecule has 2 atom stereocenters. The number of rotatable bonds is 6. The van der Waals surface area contributed by atoms with Crippen LogP contribution in [0.2, 0.25) is 0 Å². The molecule has 34 heavy (non-hydrogen) atoms. The van der Waals surface area contributed by atoms with Crippen LogP contribution < -0.4 is 4.74 Å². The van der Waals surface area contributed by atoms with Gasteiger partial charge in [-0.2, -0.15) is 8.61 Å². The van der Waals surface area contributed by atoms with Crippen LogP contribution in [0.1, 0.15) is 29.8 Å². The summed E-state index contributed by atoms with van der Waals surface area (Å²) >= 11 is 0. The Balaban J connectivity index is 1.87. The lowest BCUT2D eigenvalue weighted by Gasteiger charge is -2.31. The first-order chi connectivity index (χ1) is 16.1. The van der Waals surface area contributed by atoms with Crippen LogP contribution in [0.4, 0.5) is 0 Å². The van der Waals surface area contributed by atoms with Crippen LogP contribution in [-0.4, -0.2) is 45.1 Å². The molecule has 0 amide bonds. The molecule has 0 aromatic heterocycles. The fourth-order valence-electron chi connectivity index (χ4n) is 4.17. The predicted octanol–water partition coefficient (Wildman–Crippen LogP) is 4.09. The zero-order valence-corrected chi connectivity index (χ0v) is 21.2. The standard InChI is InChI=1S/C25H28N2O5S2/c1-18-5-13-23(14-6-18)33(28,29)26-17-20(3)27(25(26)21-9-11-22(32-4)12-10-21)34(30,31)24-15-7-19(2)8-16-24/h5-16,20,25H,17H2,1-4H3/t20-,25-/m1/s1. The third kappa shape index (κ3) is 4.36. The van der Waals surface area contributed by atoms with Gasteiger partial charge >= 0.3 is 0 Å². The second-order valence-electron chi connectivity index (χ2n) is 8.53. The number of nitrogens with zero attached hydrogens (tertiary/aromatic N) is 2. The number of hydrogen-bond acceptors (Lipinski definition) is 5. The van der Waals surface area contributed by atoms with Gasteiger partial charge in [0.15, 0.2) is 0 Å². The zero-order valence-electron chi connectivity index (χ0n) is 19.5. The summed E-state index contributed by atoms with van der Waals surface area (Å²) in [6, 6.07) is 19.4. The molecule has 1 saturated heterocycles. The largest absolute Gasteiger partial charge is 0.497 e. The summed E-state index contributed by atoms with van der Waals surface area (Å²) in [6.07, 6.45) is -1.04. The highest BCUT2D eigenvalue weighted by Crippen LogP contribution is 2.41. The van der Waals surface area contributed by atoms with Crippen molar-refractivity contribution in [2.45, 2.75) is 42.8 Å². The lowest BCUT2D eigenvalue weighted by atomic mass is 10.1. The van der Waals surface area contributed by atoms with Gasteiger partial charge < -0.3 is 4.74 Å². The Kier molecular flexibility index (Phi) is 6.56. The molecule has 0 bridgehead atoms. The molecule has 4 rings (SSSR count). The van der Waals surface area contributed by atoms with Crippen LogP contribution in [0.3, 0.4) is 0 Å². The Morgan fingerprint density at radius 2 is 1.21 bits per heavy atom. The topological polar surface area (TPSA) is 84.0 Å². The van der Waals surface area contributed by atoms with Crippen LogP contribution in [0.5, 0.6) is 5.75 Å².